The number of nitrogens with zero attached hydrogens (tertiary/aromatic N) is 1. The van der Waals surface area contributed by atoms with Crippen molar-refractivity contribution >= 4 is 10.9 Å². The molecule has 1 nitrogen and oxygen atoms in total. The van der Waals surface area contributed by atoms with Crippen molar-refractivity contribution in [2.75, 3.05) is 0 Å². The molecule has 0 atom stereocenters. The van der Waals surface area contributed by atoms with Gasteiger partial charge in [-0.25, -0.2) is 4.39 Å². The highest BCUT2D eigenvalue weighted by molar-refractivity contribution is 5.78. The number of halogens is 1. The van der Waals surface area contributed by atoms with Crippen molar-refractivity contribution in [3.05, 3.63) is 42.3 Å². The van der Waals surface area contributed by atoms with Gasteiger partial charge in [-0.1, -0.05) is 6.07 Å². The zero-order chi connectivity index (χ0) is 7.68. The van der Waals surface area contributed by atoms with E-state index in [0.29, 0.717) is 10.9 Å². The van der Waals surface area contributed by atoms with Gasteiger partial charge in [-0.15, -0.1) is 0 Å². The molecule has 1 aromatic carbocycles. The molecule has 2 heteroatoms. The van der Waals surface area contributed by atoms with Crippen LogP contribution in [-0.2, 0) is 0 Å². The minimum Gasteiger partial charge on any atom is -0.256 e. The van der Waals surface area contributed by atoms with Gasteiger partial charge >= 0.3 is 0 Å². The minimum absolute atomic E-state index is 0.244. The maximum atomic E-state index is 12.9. The fraction of sp³-hybridized carbons (Fsp3) is 0. The van der Waals surface area contributed by atoms with Crippen molar-refractivity contribution < 1.29 is 4.39 Å². The van der Waals surface area contributed by atoms with E-state index in [1.807, 2.05) is 0 Å². The minimum atomic E-state index is -0.244. The Labute approximate surface area is 63.5 Å². The molecular weight excluding hydrogens is 141 g/mol. The van der Waals surface area contributed by atoms with E-state index in [1.165, 1.54) is 12.3 Å². The van der Waals surface area contributed by atoms with Crippen LogP contribution in [-0.4, -0.2) is 4.98 Å². The summed E-state index contributed by atoms with van der Waals surface area (Å²) >= 11 is 0. The molecule has 11 heavy (non-hydrogen) atoms. The zero-order valence-corrected chi connectivity index (χ0v) is 5.71. The normalized spacial score (nSPS) is 10.3. The molecule has 0 spiro atoms. The summed E-state index contributed by atoms with van der Waals surface area (Å²) in [6.45, 7) is 0. The highest BCUT2D eigenvalue weighted by Crippen LogP contribution is 2.13. The lowest BCUT2D eigenvalue weighted by Crippen LogP contribution is -1.80. The number of aromatic nitrogens is 1. The molecule has 0 aliphatic carbocycles. The molecule has 53 valence electrons. The lowest BCUT2D eigenvalue weighted by molar-refractivity contribution is 0.639. The molecule has 2 rings (SSSR count). The van der Waals surface area contributed by atoms with Crippen molar-refractivity contribution in [1.82, 2.24) is 4.98 Å². The van der Waals surface area contributed by atoms with Crippen LogP contribution >= 0.6 is 0 Å². The van der Waals surface area contributed by atoms with Crippen molar-refractivity contribution in [2.24, 2.45) is 0 Å². The van der Waals surface area contributed by atoms with E-state index in [0.717, 1.165) is 0 Å². The summed E-state index contributed by atoms with van der Waals surface area (Å²) in [6.07, 6.45) is 1.53. The lowest BCUT2D eigenvalue weighted by Gasteiger charge is -1.94. The topological polar surface area (TPSA) is 12.9 Å². The van der Waals surface area contributed by atoms with Crippen molar-refractivity contribution in [1.29, 1.82) is 0 Å². The highest BCUT2D eigenvalue weighted by atomic mass is 19.1. The summed E-state index contributed by atoms with van der Waals surface area (Å²) in [6, 6.07) is 9.15. The summed E-state index contributed by atoms with van der Waals surface area (Å²) in [4.78, 5) is 3.95. The van der Waals surface area contributed by atoms with E-state index in [9.17, 15) is 4.39 Å². The predicted molar refractivity (Wildman–Crippen MR) is 40.5 cm³/mol. The van der Waals surface area contributed by atoms with Crippen LogP contribution in [0.25, 0.3) is 10.9 Å². The second-order valence-electron chi connectivity index (χ2n) is 2.24. The number of hydrogen-bond acceptors (Lipinski definition) is 1. The summed E-state index contributed by atoms with van der Waals surface area (Å²) in [5.74, 6) is -0.244. The Morgan fingerprint density at radius 1 is 1.36 bits per heavy atom. The predicted octanol–water partition coefficient (Wildman–Crippen LogP) is 2.17. The summed E-state index contributed by atoms with van der Waals surface area (Å²) in [5.41, 5.74) is 0.670. The molecule has 0 N–H and O–H groups in total. The lowest BCUT2D eigenvalue weighted by atomic mass is 10.2. The van der Waals surface area contributed by atoms with Crippen molar-refractivity contribution in [3.8, 4) is 0 Å². The van der Waals surface area contributed by atoms with Gasteiger partial charge in [0, 0.05) is 17.6 Å². The summed E-state index contributed by atoms with van der Waals surface area (Å²) < 4.78 is 12.9. The maximum Gasteiger partial charge on any atom is 0.132 e. The largest absolute Gasteiger partial charge is 0.256 e. The van der Waals surface area contributed by atoms with Gasteiger partial charge in [-0.05, 0) is 18.2 Å². The third kappa shape index (κ3) is 0.963. The van der Waals surface area contributed by atoms with E-state index < -0.39 is 0 Å². The molecule has 2 aromatic rings. The first-order valence-electron chi connectivity index (χ1n) is 3.28. The molecule has 0 saturated heterocycles. The molecule has 0 aliphatic rings. The zero-order valence-electron chi connectivity index (χ0n) is 5.71. The molecule has 1 heterocycles. The Morgan fingerprint density at radius 3 is 3.09 bits per heavy atom. The number of hydrogen-bond donors (Lipinski definition) is 0. The number of benzene rings is 1. The van der Waals surface area contributed by atoms with Crippen LogP contribution in [0.1, 0.15) is 0 Å². The van der Waals surface area contributed by atoms with E-state index in [-0.39, 0.29) is 5.82 Å². The molecule has 0 aliphatic heterocycles. The molecule has 0 bridgehead atoms. The third-order valence-corrected chi connectivity index (χ3v) is 1.54. The SMILES string of the molecule is Fc1cccc2nc[c]cc12. The second-order valence-corrected chi connectivity index (χ2v) is 2.24. The van der Waals surface area contributed by atoms with Crippen molar-refractivity contribution in [2.45, 2.75) is 0 Å². The Hall–Kier alpha value is -1.44. The van der Waals surface area contributed by atoms with Crippen LogP contribution in [0.4, 0.5) is 4.39 Å². The van der Waals surface area contributed by atoms with Gasteiger partial charge in [0.15, 0.2) is 0 Å². The Morgan fingerprint density at radius 2 is 2.27 bits per heavy atom. The van der Waals surface area contributed by atoms with E-state index >= 15 is 0 Å². The van der Waals surface area contributed by atoms with Gasteiger partial charge < -0.3 is 0 Å². The number of pyridine rings is 1. The monoisotopic (exact) mass is 146 g/mol. The third-order valence-electron chi connectivity index (χ3n) is 1.54. The van der Waals surface area contributed by atoms with Crippen LogP contribution in [0.15, 0.2) is 30.5 Å². The standard InChI is InChI=1S/C9H5FN/c10-8-4-1-5-9-7(8)3-2-6-11-9/h1,3-6H. The average molecular weight is 146 g/mol. The van der Waals surface area contributed by atoms with E-state index in [1.54, 1.807) is 18.2 Å². The smallest absolute Gasteiger partial charge is 0.132 e. The maximum absolute atomic E-state index is 12.9. The second kappa shape index (κ2) is 2.31. The highest BCUT2D eigenvalue weighted by Gasteiger charge is 1.97. The van der Waals surface area contributed by atoms with Gasteiger partial charge in [-0.2, -0.15) is 0 Å². The summed E-state index contributed by atoms with van der Waals surface area (Å²) in [7, 11) is 0. The Kier molecular flexibility index (Phi) is 1.32. The van der Waals surface area contributed by atoms with E-state index in [4.69, 9.17) is 0 Å². The fourth-order valence-electron chi connectivity index (χ4n) is 1.01. The Bertz CT molecular complexity index is 379. The van der Waals surface area contributed by atoms with Gasteiger partial charge in [0.1, 0.15) is 5.82 Å². The molecule has 0 saturated carbocycles. The Balaban J connectivity index is 2.91. The van der Waals surface area contributed by atoms with Gasteiger partial charge in [0.05, 0.1) is 5.52 Å². The van der Waals surface area contributed by atoms with Crippen molar-refractivity contribution in [3.63, 3.8) is 0 Å². The average Bonchev–Trinajstić information content (AvgIpc) is 2.06. The molecule has 0 unspecified atom stereocenters. The van der Waals surface area contributed by atoms with Gasteiger partial charge in [0.2, 0.25) is 0 Å². The number of fused-ring (bicyclic) bond motifs is 1. The van der Waals surface area contributed by atoms with Crippen LogP contribution in [0.3, 0.4) is 0 Å². The molecule has 0 amide bonds. The molecule has 1 radical (unpaired) electrons. The molecule has 1 aromatic heterocycles. The van der Waals surface area contributed by atoms with Crippen LogP contribution < -0.4 is 0 Å². The molecule has 0 fully saturated rings. The van der Waals surface area contributed by atoms with Crippen LogP contribution in [0.5, 0.6) is 0 Å². The van der Waals surface area contributed by atoms with Crippen LogP contribution in [0, 0.1) is 11.9 Å². The molecular formula is C9H5FN. The number of rotatable bonds is 0. The van der Waals surface area contributed by atoms with Gasteiger partial charge in [-0.3, -0.25) is 4.98 Å². The van der Waals surface area contributed by atoms with E-state index in [2.05, 4.69) is 11.1 Å². The van der Waals surface area contributed by atoms with Gasteiger partial charge in [0.25, 0.3) is 0 Å². The first kappa shape index (κ1) is 6.28. The summed E-state index contributed by atoms with van der Waals surface area (Å²) in [5, 5.41) is 0.523. The van der Waals surface area contributed by atoms with Crippen LogP contribution in [0.2, 0.25) is 0 Å². The quantitative estimate of drug-likeness (QED) is 0.555. The first-order chi connectivity index (χ1) is 5.38. The fourth-order valence-corrected chi connectivity index (χ4v) is 1.01. The first-order valence-corrected chi connectivity index (χ1v) is 3.28.